The molecule has 102 valence electrons. The van der Waals surface area contributed by atoms with E-state index in [0.29, 0.717) is 0 Å². The van der Waals surface area contributed by atoms with E-state index < -0.39 is 0 Å². The maximum Gasteiger partial charge on any atom is 0.230 e. The summed E-state index contributed by atoms with van der Waals surface area (Å²) >= 11 is 0. The van der Waals surface area contributed by atoms with Gasteiger partial charge in [-0.15, -0.1) is 6.58 Å². The van der Waals surface area contributed by atoms with E-state index in [4.69, 9.17) is 0 Å². The van der Waals surface area contributed by atoms with Crippen molar-refractivity contribution in [1.29, 1.82) is 0 Å². The number of hydrogen-bond donors (Lipinski definition) is 1. The predicted molar refractivity (Wildman–Crippen MR) is 79.4 cm³/mol. The second-order valence-corrected chi connectivity index (χ2v) is 5.05. The molecule has 1 aliphatic heterocycles. The summed E-state index contributed by atoms with van der Waals surface area (Å²) in [5.41, 5.74) is 2.24. The summed E-state index contributed by atoms with van der Waals surface area (Å²) in [5, 5.41) is 3.35. The zero-order valence-corrected chi connectivity index (χ0v) is 11.6. The average molecular weight is 258 g/mol. The fraction of sp³-hybridized carbons (Fsp3) is 0.438. The van der Waals surface area contributed by atoms with Gasteiger partial charge >= 0.3 is 0 Å². The van der Waals surface area contributed by atoms with Crippen LogP contribution in [0.3, 0.4) is 0 Å². The molecule has 0 spiro atoms. The SMILES string of the molecule is C=CCCCN(C)C(=O)C1CCNc2ccccc21. The van der Waals surface area contributed by atoms with Crippen molar-refractivity contribution in [2.75, 3.05) is 25.5 Å². The van der Waals surface area contributed by atoms with E-state index in [9.17, 15) is 4.79 Å². The van der Waals surface area contributed by atoms with Gasteiger partial charge < -0.3 is 10.2 Å². The molecule has 0 saturated heterocycles. The van der Waals surface area contributed by atoms with Crippen LogP contribution in [-0.2, 0) is 4.79 Å². The smallest absolute Gasteiger partial charge is 0.230 e. The Morgan fingerprint density at radius 1 is 1.53 bits per heavy atom. The van der Waals surface area contributed by atoms with Crippen LogP contribution in [-0.4, -0.2) is 30.9 Å². The van der Waals surface area contributed by atoms with Crippen LogP contribution in [0.2, 0.25) is 0 Å². The van der Waals surface area contributed by atoms with Crippen molar-refractivity contribution >= 4 is 11.6 Å². The van der Waals surface area contributed by atoms with Crippen molar-refractivity contribution in [3.05, 3.63) is 42.5 Å². The zero-order chi connectivity index (χ0) is 13.7. The Labute approximate surface area is 115 Å². The van der Waals surface area contributed by atoms with E-state index in [1.54, 1.807) is 0 Å². The lowest BCUT2D eigenvalue weighted by atomic mass is 9.90. The normalized spacial score (nSPS) is 17.2. The zero-order valence-electron chi connectivity index (χ0n) is 11.6. The molecule has 1 aromatic carbocycles. The monoisotopic (exact) mass is 258 g/mol. The van der Waals surface area contributed by atoms with Crippen LogP contribution in [0.1, 0.15) is 30.7 Å². The third kappa shape index (κ3) is 3.16. The number of carbonyl (C=O) groups excluding carboxylic acids is 1. The van der Waals surface area contributed by atoms with Crippen LogP contribution in [0.5, 0.6) is 0 Å². The fourth-order valence-electron chi connectivity index (χ4n) is 2.57. The van der Waals surface area contributed by atoms with Gasteiger partial charge in [-0.1, -0.05) is 24.3 Å². The lowest BCUT2D eigenvalue weighted by Gasteiger charge is -2.29. The van der Waals surface area contributed by atoms with Crippen molar-refractivity contribution in [3.63, 3.8) is 0 Å². The average Bonchev–Trinajstić information content (AvgIpc) is 2.46. The molecule has 0 radical (unpaired) electrons. The Bertz CT molecular complexity index is 456. The van der Waals surface area contributed by atoms with Gasteiger partial charge in [0.1, 0.15) is 0 Å². The molecule has 0 aromatic heterocycles. The van der Waals surface area contributed by atoms with Crippen molar-refractivity contribution < 1.29 is 4.79 Å². The molecule has 0 bridgehead atoms. The molecule has 0 saturated carbocycles. The highest BCUT2D eigenvalue weighted by Crippen LogP contribution is 2.32. The molecule has 1 N–H and O–H groups in total. The second kappa shape index (κ2) is 6.41. The van der Waals surface area contributed by atoms with Crippen LogP contribution in [0, 0.1) is 0 Å². The molecule has 2 rings (SSSR count). The van der Waals surface area contributed by atoms with Crippen LogP contribution in [0.4, 0.5) is 5.69 Å². The van der Waals surface area contributed by atoms with Gasteiger partial charge in [-0.05, 0) is 30.9 Å². The molecule has 3 heteroatoms. The van der Waals surface area contributed by atoms with Gasteiger partial charge in [0.2, 0.25) is 5.91 Å². The molecule has 1 atom stereocenters. The number of para-hydroxylation sites is 1. The maximum absolute atomic E-state index is 12.5. The number of allylic oxidation sites excluding steroid dienone is 1. The summed E-state index contributed by atoms with van der Waals surface area (Å²) in [4.78, 5) is 14.4. The number of nitrogens with one attached hydrogen (secondary N) is 1. The van der Waals surface area contributed by atoms with Crippen molar-refractivity contribution in [1.82, 2.24) is 4.90 Å². The van der Waals surface area contributed by atoms with Gasteiger partial charge in [-0.2, -0.15) is 0 Å². The van der Waals surface area contributed by atoms with Crippen LogP contribution < -0.4 is 5.32 Å². The lowest BCUT2D eigenvalue weighted by Crippen LogP contribution is -2.35. The minimum Gasteiger partial charge on any atom is -0.385 e. The Balaban J connectivity index is 2.06. The summed E-state index contributed by atoms with van der Waals surface area (Å²) in [6.45, 7) is 5.38. The summed E-state index contributed by atoms with van der Waals surface area (Å²) in [7, 11) is 1.90. The molecular formula is C16H22N2O. The second-order valence-electron chi connectivity index (χ2n) is 5.05. The first-order valence-corrected chi connectivity index (χ1v) is 6.92. The molecule has 0 fully saturated rings. The largest absolute Gasteiger partial charge is 0.385 e. The summed E-state index contributed by atoms with van der Waals surface area (Å²) < 4.78 is 0. The Morgan fingerprint density at radius 2 is 2.32 bits per heavy atom. The van der Waals surface area contributed by atoms with Gasteiger partial charge in [0.05, 0.1) is 5.92 Å². The number of carbonyl (C=O) groups is 1. The molecule has 1 heterocycles. The third-order valence-corrected chi connectivity index (χ3v) is 3.66. The number of rotatable bonds is 5. The summed E-state index contributed by atoms with van der Waals surface area (Å²) in [6, 6.07) is 8.12. The quantitative estimate of drug-likeness (QED) is 0.650. The highest BCUT2D eigenvalue weighted by molar-refractivity contribution is 5.86. The van der Waals surface area contributed by atoms with E-state index in [1.807, 2.05) is 36.2 Å². The first-order chi connectivity index (χ1) is 9.24. The van der Waals surface area contributed by atoms with Gasteiger partial charge in [0, 0.05) is 25.8 Å². The Morgan fingerprint density at radius 3 is 3.11 bits per heavy atom. The van der Waals surface area contributed by atoms with Crippen molar-refractivity contribution in [2.45, 2.75) is 25.2 Å². The van der Waals surface area contributed by atoms with Crippen molar-refractivity contribution in [3.8, 4) is 0 Å². The van der Waals surface area contributed by atoms with Crippen LogP contribution in [0.15, 0.2) is 36.9 Å². The van der Waals surface area contributed by atoms with E-state index in [0.717, 1.165) is 43.6 Å². The maximum atomic E-state index is 12.5. The van der Waals surface area contributed by atoms with E-state index >= 15 is 0 Å². The molecule has 1 aliphatic rings. The number of likely N-dealkylation sites (N-methyl/N-ethyl adjacent to an activating group) is 1. The third-order valence-electron chi connectivity index (χ3n) is 3.66. The van der Waals surface area contributed by atoms with Gasteiger partial charge in [-0.25, -0.2) is 0 Å². The molecule has 3 nitrogen and oxygen atoms in total. The highest BCUT2D eigenvalue weighted by Gasteiger charge is 2.28. The molecule has 1 aromatic rings. The Kier molecular flexibility index (Phi) is 4.61. The van der Waals surface area contributed by atoms with Gasteiger partial charge in [-0.3, -0.25) is 4.79 Å². The number of anilines is 1. The fourth-order valence-corrected chi connectivity index (χ4v) is 2.57. The highest BCUT2D eigenvalue weighted by atomic mass is 16.2. The number of fused-ring (bicyclic) bond motifs is 1. The van der Waals surface area contributed by atoms with Crippen LogP contribution in [0.25, 0.3) is 0 Å². The van der Waals surface area contributed by atoms with E-state index in [1.165, 1.54) is 0 Å². The van der Waals surface area contributed by atoms with Crippen molar-refractivity contribution in [2.24, 2.45) is 0 Å². The minimum absolute atomic E-state index is 0.00572. The number of hydrogen-bond acceptors (Lipinski definition) is 2. The standard InChI is InChI=1S/C16H22N2O/c1-3-4-7-12-18(2)16(19)14-10-11-17-15-9-6-5-8-13(14)15/h3,5-6,8-9,14,17H,1,4,7,10-12H2,2H3. The minimum atomic E-state index is 0.00572. The van der Waals surface area contributed by atoms with Gasteiger partial charge in [0.15, 0.2) is 0 Å². The number of amides is 1. The first-order valence-electron chi connectivity index (χ1n) is 6.92. The molecule has 0 aliphatic carbocycles. The topological polar surface area (TPSA) is 32.3 Å². The molecule has 19 heavy (non-hydrogen) atoms. The Hall–Kier alpha value is -1.77. The number of benzene rings is 1. The number of unbranched alkanes of at least 4 members (excludes halogenated alkanes) is 1. The molecular weight excluding hydrogens is 236 g/mol. The lowest BCUT2D eigenvalue weighted by molar-refractivity contribution is -0.131. The van der Waals surface area contributed by atoms with E-state index in [2.05, 4.69) is 18.0 Å². The molecule has 1 amide bonds. The van der Waals surface area contributed by atoms with Gasteiger partial charge in [0.25, 0.3) is 0 Å². The van der Waals surface area contributed by atoms with Crippen LogP contribution >= 0.6 is 0 Å². The molecule has 1 unspecified atom stereocenters. The number of nitrogens with zero attached hydrogens (tertiary/aromatic N) is 1. The van der Waals surface area contributed by atoms with E-state index in [-0.39, 0.29) is 11.8 Å². The predicted octanol–water partition coefficient (Wildman–Crippen LogP) is 3.01. The first kappa shape index (κ1) is 13.7. The summed E-state index contributed by atoms with van der Waals surface area (Å²) in [6.07, 6.45) is 4.72. The summed E-state index contributed by atoms with van der Waals surface area (Å²) in [5.74, 6) is 0.240.